The summed E-state index contributed by atoms with van der Waals surface area (Å²) >= 11 is 0. The molecule has 26 heavy (non-hydrogen) atoms. The number of amides is 1. The Balaban J connectivity index is 1.45. The van der Waals surface area contributed by atoms with Gasteiger partial charge in [0.25, 0.3) is 5.91 Å². The minimum atomic E-state index is -0.129. The van der Waals surface area contributed by atoms with Gasteiger partial charge in [0.1, 0.15) is 5.69 Å². The van der Waals surface area contributed by atoms with Crippen LogP contribution in [0, 0.1) is 0 Å². The first-order valence-corrected chi connectivity index (χ1v) is 8.64. The fraction of sp³-hybridized carbons (Fsp3) is 0.263. The summed E-state index contributed by atoms with van der Waals surface area (Å²) in [6.07, 6.45) is 4.31. The fourth-order valence-corrected chi connectivity index (χ4v) is 3.05. The van der Waals surface area contributed by atoms with Gasteiger partial charge in [0.15, 0.2) is 0 Å². The lowest BCUT2D eigenvalue weighted by Crippen LogP contribution is -2.35. The Morgan fingerprint density at radius 1 is 0.962 bits per heavy atom. The van der Waals surface area contributed by atoms with Gasteiger partial charge >= 0.3 is 0 Å². The number of anilines is 1. The SMILES string of the molecule is O=C(c1cc(-c2ccccc2)no1)N1CCCN(c2ncccn2)CC1. The van der Waals surface area contributed by atoms with Gasteiger partial charge in [-0.05, 0) is 12.5 Å². The van der Waals surface area contributed by atoms with Gasteiger partial charge in [0.05, 0.1) is 0 Å². The van der Waals surface area contributed by atoms with Crippen LogP contribution < -0.4 is 4.90 Å². The van der Waals surface area contributed by atoms with E-state index < -0.39 is 0 Å². The van der Waals surface area contributed by atoms with Crippen molar-refractivity contribution in [3.63, 3.8) is 0 Å². The molecule has 3 heterocycles. The normalized spacial score (nSPS) is 14.9. The van der Waals surface area contributed by atoms with Crippen LogP contribution in [0.4, 0.5) is 5.95 Å². The number of rotatable bonds is 3. The van der Waals surface area contributed by atoms with Gasteiger partial charge < -0.3 is 14.3 Å². The molecule has 7 nitrogen and oxygen atoms in total. The number of hydrogen-bond donors (Lipinski definition) is 0. The van der Waals surface area contributed by atoms with Gasteiger partial charge in [-0.3, -0.25) is 4.79 Å². The molecule has 132 valence electrons. The number of aromatic nitrogens is 3. The molecule has 0 aliphatic carbocycles. The molecule has 0 bridgehead atoms. The van der Waals surface area contributed by atoms with Gasteiger partial charge in [-0.25, -0.2) is 9.97 Å². The molecule has 1 fully saturated rings. The van der Waals surface area contributed by atoms with Gasteiger partial charge in [0.2, 0.25) is 11.7 Å². The van der Waals surface area contributed by atoms with Crippen LogP contribution in [0.15, 0.2) is 59.4 Å². The van der Waals surface area contributed by atoms with E-state index >= 15 is 0 Å². The lowest BCUT2D eigenvalue weighted by Gasteiger charge is -2.21. The Bertz CT molecular complexity index is 866. The average Bonchev–Trinajstić information content (AvgIpc) is 3.07. The summed E-state index contributed by atoms with van der Waals surface area (Å²) in [6.45, 7) is 2.77. The second kappa shape index (κ2) is 7.35. The summed E-state index contributed by atoms with van der Waals surface area (Å²) in [5.74, 6) is 0.844. The van der Waals surface area contributed by atoms with Crippen molar-refractivity contribution in [2.75, 3.05) is 31.1 Å². The molecule has 0 unspecified atom stereocenters. The van der Waals surface area contributed by atoms with Crippen LogP contribution in [-0.2, 0) is 0 Å². The maximum absolute atomic E-state index is 12.8. The van der Waals surface area contributed by atoms with Crippen molar-refractivity contribution >= 4 is 11.9 Å². The maximum Gasteiger partial charge on any atom is 0.292 e. The lowest BCUT2D eigenvalue weighted by molar-refractivity contribution is 0.0725. The van der Waals surface area contributed by atoms with Crippen LogP contribution >= 0.6 is 0 Å². The summed E-state index contributed by atoms with van der Waals surface area (Å²) < 4.78 is 5.31. The van der Waals surface area contributed by atoms with Gasteiger partial charge in [-0.2, -0.15) is 0 Å². The van der Waals surface area contributed by atoms with Crippen molar-refractivity contribution in [2.24, 2.45) is 0 Å². The standard InChI is InChI=1S/C19H19N5O2/c25-18(17-14-16(22-26-17)15-6-2-1-3-7-15)23-10-5-11-24(13-12-23)19-20-8-4-9-21-19/h1-4,6-9,14H,5,10-13H2. The van der Waals surface area contributed by atoms with E-state index in [0.717, 1.165) is 18.5 Å². The van der Waals surface area contributed by atoms with Crippen LogP contribution in [-0.4, -0.2) is 52.1 Å². The molecule has 0 N–H and O–H groups in total. The van der Waals surface area contributed by atoms with Crippen molar-refractivity contribution in [3.8, 4) is 11.3 Å². The highest BCUT2D eigenvalue weighted by Gasteiger charge is 2.24. The van der Waals surface area contributed by atoms with E-state index in [2.05, 4.69) is 20.0 Å². The van der Waals surface area contributed by atoms with Crippen molar-refractivity contribution in [1.29, 1.82) is 0 Å². The Morgan fingerprint density at radius 3 is 2.58 bits per heavy atom. The van der Waals surface area contributed by atoms with Crippen molar-refractivity contribution in [2.45, 2.75) is 6.42 Å². The smallest absolute Gasteiger partial charge is 0.292 e. The monoisotopic (exact) mass is 349 g/mol. The number of carbonyl (C=O) groups excluding carboxylic acids is 1. The Morgan fingerprint density at radius 2 is 1.77 bits per heavy atom. The quantitative estimate of drug-likeness (QED) is 0.723. The molecule has 0 radical (unpaired) electrons. The van der Waals surface area contributed by atoms with Crippen LogP contribution in [0.3, 0.4) is 0 Å². The predicted octanol–water partition coefficient (Wildman–Crippen LogP) is 2.48. The molecular formula is C19H19N5O2. The Kier molecular flexibility index (Phi) is 4.59. The second-order valence-corrected chi connectivity index (χ2v) is 6.12. The van der Waals surface area contributed by atoms with E-state index in [1.165, 1.54) is 0 Å². The summed E-state index contributed by atoms with van der Waals surface area (Å²) in [4.78, 5) is 25.3. The molecule has 2 aromatic heterocycles. The molecule has 1 saturated heterocycles. The summed E-state index contributed by atoms with van der Waals surface area (Å²) in [5, 5.41) is 4.04. The van der Waals surface area contributed by atoms with Crippen molar-refractivity contribution in [1.82, 2.24) is 20.0 Å². The third-order valence-electron chi connectivity index (χ3n) is 4.41. The first kappa shape index (κ1) is 16.3. The number of carbonyl (C=O) groups is 1. The number of hydrogen-bond acceptors (Lipinski definition) is 6. The third-order valence-corrected chi connectivity index (χ3v) is 4.41. The van der Waals surface area contributed by atoms with Gasteiger partial charge in [0, 0.05) is 50.2 Å². The number of nitrogens with zero attached hydrogens (tertiary/aromatic N) is 5. The molecule has 1 aromatic carbocycles. The molecule has 1 amide bonds. The Hall–Kier alpha value is -3.22. The highest BCUT2D eigenvalue weighted by molar-refractivity contribution is 5.92. The van der Waals surface area contributed by atoms with E-state index in [0.29, 0.717) is 31.3 Å². The van der Waals surface area contributed by atoms with Crippen LogP contribution in [0.2, 0.25) is 0 Å². The molecule has 7 heteroatoms. The zero-order valence-corrected chi connectivity index (χ0v) is 14.3. The minimum absolute atomic E-state index is 0.129. The largest absolute Gasteiger partial charge is 0.350 e. The van der Waals surface area contributed by atoms with E-state index in [1.54, 1.807) is 29.4 Å². The van der Waals surface area contributed by atoms with Gasteiger partial charge in [-0.1, -0.05) is 35.5 Å². The second-order valence-electron chi connectivity index (χ2n) is 6.12. The lowest BCUT2D eigenvalue weighted by atomic mass is 10.1. The zero-order valence-electron chi connectivity index (χ0n) is 14.3. The molecule has 3 aromatic rings. The highest BCUT2D eigenvalue weighted by atomic mass is 16.5. The minimum Gasteiger partial charge on any atom is -0.350 e. The first-order chi connectivity index (χ1) is 12.8. The van der Waals surface area contributed by atoms with Crippen LogP contribution in [0.5, 0.6) is 0 Å². The first-order valence-electron chi connectivity index (χ1n) is 8.64. The third kappa shape index (κ3) is 3.42. The summed E-state index contributed by atoms with van der Waals surface area (Å²) in [7, 11) is 0. The molecule has 4 rings (SSSR count). The van der Waals surface area contributed by atoms with E-state index in [9.17, 15) is 4.79 Å². The van der Waals surface area contributed by atoms with Crippen molar-refractivity contribution < 1.29 is 9.32 Å². The predicted molar refractivity (Wildman–Crippen MR) is 96.7 cm³/mol. The van der Waals surface area contributed by atoms with Crippen LogP contribution in [0.25, 0.3) is 11.3 Å². The average molecular weight is 349 g/mol. The fourth-order valence-electron chi connectivity index (χ4n) is 3.05. The highest BCUT2D eigenvalue weighted by Crippen LogP contribution is 2.20. The molecule has 0 saturated carbocycles. The van der Waals surface area contributed by atoms with Gasteiger partial charge in [-0.15, -0.1) is 0 Å². The number of benzene rings is 1. The Labute approximate surface area is 151 Å². The molecule has 0 atom stereocenters. The summed E-state index contributed by atoms with van der Waals surface area (Å²) in [5.41, 5.74) is 1.60. The molecule has 1 aliphatic rings. The zero-order chi connectivity index (χ0) is 17.8. The summed E-state index contributed by atoms with van der Waals surface area (Å²) in [6, 6.07) is 13.2. The topological polar surface area (TPSA) is 75.4 Å². The van der Waals surface area contributed by atoms with E-state index in [-0.39, 0.29) is 11.7 Å². The van der Waals surface area contributed by atoms with E-state index in [1.807, 2.05) is 30.3 Å². The molecular weight excluding hydrogens is 330 g/mol. The van der Waals surface area contributed by atoms with E-state index in [4.69, 9.17) is 4.52 Å². The molecule has 0 spiro atoms. The maximum atomic E-state index is 12.8. The van der Waals surface area contributed by atoms with Crippen LogP contribution in [0.1, 0.15) is 17.0 Å². The van der Waals surface area contributed by atoms with Crippen molar-refractivity contribution in [3.05, 3.63) is 60.6 Å². The molecule has 1 aliphatic heterocycles.